The molecule has 16 heavy (non-hydrogen) atoms. The van der Waals surface area contributed by atoms with E-state index < -0.39 is 0 Å². The van der Waals surface area contributed by atoms with E-state index in [9.17, 15) is 9.90 Å². The van der Waals surface area contributed by atoms with Crippen LogP contribution in [0.15, 0.2) is 0 Å². The third-order valence-electron chi connectivity index (χ3n) is 3.23. The molecule has 0 saturated carbocycles. The standard InChI is InChI=1S/C12H23NO3/c1-9(8-16-3)6-12(15)13-5-4-11(7-13)10(2)14/h9-11,14H,4-8H2,1-3H3. The summed E-state index contributed by atoms with van der Waals surface area (Å²) in [6.45, 7) is 5.93. The van der Waals surface area contributed by atoms with Gasteiger partial charge in [0.15, 0.2) is 0 Å². The molecule has 1 aliphatic heterocycles. The fraction of sp³-hybridized carbons (Fsp3) is 0.917. The Balaban J connectivity index is 2.33. The lowest BCUT2D eigenvalue weighted by Crippen LogP contribution is -2.31. The third-order valence-corrected chi connectivity index (χ3v) is 3.23. The molecule has 3 atom stereocenters. The van der Waals surface area contributed by atoms with Crippen LogP contribution in [0.2, 0.25) is 0 Å². The van der Waals surface area contributed by atoms with Gasteiger partial charge in [0.1, 0.15) is 0 Å². The molecule has 1 amide bonds. The largest absolute Gasteiger partial charge is 0.393 e. The summed E-state index contributed by atoms with van der Waals surface area (Å²) in [5.41, 5.74) is 0. The molecule has 4 nitrogen and oxygen atoms in total. The van der Waals surface area contributed by atoms with Crippen LogP contribution < -0.4 is 0 Å². The van der Waals surface area contributed by atoms with E-state index in [0.717, 1.165) is 13.0 Å². The number of methoxy groups -OCH3 is 1. The molecule has 0 aromatic rings. The highest BCUT2D eigenvalue weighted by molar-refractivity contribution is 5.76. The first kappa shape index (κ1) is 13.5. The number of carbonyl (C=O) groups is 1. The van der Waals surface area contributed by atoms with Gasteiger partial charge in [-0.05, 0) is 19.3 Å². The van der Waals surface area contributed by atoms with E-state index >= 15 is 0 Å². The Morgan fingerprint density at radius 3 is 2.75 bits per heavy atom. The highest BCUT2D eigenvalue weighted by Gasteiger charge is 2.29. The minimum absolute atomic E-state index is 0.188. The number of amides is 1. The number of rotatable bonds is 5. The van der Waals surface area contributed by atoms with Crippen molar-refractivity contribution in [1.82, 2.24) is 4.90 Å². The van der Waals surface area contributed by atoms with Gasteiger partial charge in [0, 0.05) is 39.1 Å². The van der Waals surface area contributed by atoms with Crippen LogP contribution >= 0.6 is 0 Å². The summed E-state index contributed by atoms with van der Waals surface area (Å²) in [5.74, 6) is 0.706. The van der Waals surface area contributed by atoms with Crippen molar-refractivity contribution in [3.8, 4) is 0 Å². The number of hydrogen-bond acceptors (Lipinski definition) is 3. The molecule has 1 N–H and O–H groups in total. The van der Waals surface area contributed by atoms with Gasteiger partial charge in [-0.25, -0.2) is 0 Å². The van der Waals surface area contributed by atoms with Crippen molar-refractivity contribution >= 4 is 5.91 Å². The summed E-state index contributed by atoms with van der Waals surface area (Å²) in [6, 6.07) is 0. The summed E-state index contributed by atoms with van der Waals surface area (Å²) < 4.78 is 5.02. The first-order valence-corrected chi connectivity index (χ1v) is 5.99. The molecular formula is C12H23NO3. The fourth-order valence-electron chi connectivity index (χ4n) is 2.18. The van der Waals surface area contributed by atoms with E-state index in [-0.39, 0.29) is 23.8 Å². The quantitative estimate of drug-likeness (QED) is 0.761. The van der Waals surface area contributed by atoms with Crippen LogP contribution in [-0.4, -0.2) is 48.8 Å². The molecule has 0 aromatic carbocycles. The SMILES string of the molecule is COCC(C)CC(=O)N1CCC(C(C)O)C1. The van der Waals surface area contributed by atoms with Gasteiger partial charge in [-0.1, -0.05) is 6.92 Å². The number of aliphatic hydroxyl groups excluding tert-OH is 1. The smallest absolute Gasteiger partial charge is 0.222 e. The molecule has 1 aliphatic rings. The Bertz CT molecular complexity index is 230. The van der Waals surface area contributed by atoms with Gasteiger partial charge in [-0.15, -0.1) is 0 Å². The highest BCUT2D eigenvalue weighted by Crippen LogP contribution is 2.21. The van der Waals surface area contributed by atoms with Crippen LogP contribution in [0, 0.1) is 11.8 Å². The maximum absolute atomic E-state index is 11.9. The number of aliphatic hydroxyl groups is 1. The topological polar surface area (TPSA) is 49.8 Å². The second-order valence-corrected chi connectivity index (χ2v) is 4.89. The summed E-state index contributed by atoms with van der Waals surface area (Å²) in [7, 11) is 1.65. The van der Waals surface area contributed by atoms with Crippen molar-refractivity contribution in [1.29, 1.82) is 0 Å². The van der Waals surface area contributed by atoms with E-state index in [1.807, 2.05) is 11.8 Å². The van der Waals surface area contributed by atoms with Gasteiger partial charge in [0.2, 0.25) is 5.91 Å². The predicted molar refractivity (Wildman–Crippen MR) is 62.0 cm³/mol. The zero-order valence-electron chi connectivity index (χ0n) is 10.5. The highest BCUT2D eigenvalue weighted by atomic mass is 16.5. The molecule has 0 radical (unpaired) electrons. The molecule has 0 aliphatic carbocycles. The molecule has 0 aromatic heterocycles. The second-order valence-electron chi connectivity index (χ2n) is 4.89. The van der Waals surface area contributed by atoms with Crippen molar-refractivity contribution in [2.45, 2.75) is 32.8 Å². The first-order valence-electron chi connectivity index (χ1n) is 5.99. The average molecular weight is 229 g/mol. The summed E-state index contributed by atoms with van der Waals surface area (Å²) in [5, 5.41) is 9.46. The molecule has 0 spiro atoms. The molecule has 1 saturated heterocycles. The number of carbonyl (C=O) groups excluding carboxylic acids is 1. The van der Waals surface area contributed by atoms with Crippen LogP contribution in [0.25, 0.3) is 0 Å². The van der Waals surface area contributed by atoms with E-state index in [1.54, 1.807) is 14.0 Å². The van der Waals surface area contributed by atoms with Gasteiger partial charge >= 0.3 is 0 Å². The molecule has 4 heteroatoms. The van der Waals surface area contributed by atoms with E-state index in [0.29, 0.717) is 19.6 Å². The predicted octanol–water partition coefficient (Wildman–Crippen LogP) is 0.888. The zero-order chi connectivity index (χ0) is 12.1. The van der Waals surface area contributed by atoms with Crippen LogP contribution in [0.4, 0.5) is 0 Å². The van der Waals surface area contributed by atoms with E-state index in [1.165, 1.54) is 0 Å². The molecule has 3 unspecified atom stereocenters. The lowest BCUT2D eigenvalue weighted by atomic mass is 10.0. The van der Waals surface area contributed by atoms with Gasteiger partial charge in [-0.3, -0.25) is 4.79 Å². The second kappa shape index (κ2) is 6.21. The van der Waals surface area contributed by atoms with Crippen molar-refractivity contribution in [2.24, 2.45) is 11.8 Å². The van der Waals surface area contributed by atoms with Crippen LogP contribution in [0.3, 0.4) is 0 Å². The maximum Gasteiger partial charge on any atom is 0.222 e. The average Bonchev–Trinajstić information content (AvgIpc) is 2.66. The Kier molecular flexibility index (Phi) is 5.22. The monoisotopic (exact) mass is 229 g/mol. The van der Waals surface area contributed by atoms with Crippen LogP contribution in [-0.2, 0) is 9.53 Å². The third kappa shape index (κ3) is 3.76. The van der Waals surface area contributed by atoms with Gasteiger partial charge < -0.3 is 14.7 Å². The Morgan fingerprint density at radius 2 is 2.25 bits per heavy atom. The minimum atomic E-state index is -0.311. The first-order chi connectivity index (χ1) is 7.54. The zero-order valence-corrected chi connectivity index (χ0v) is 10.5. The van der Waals surface area contributed by atoms with Crippen LogP contribution in [0.5, 0.6) is 0 Å². The lowest BCUT2D eigenvalue weighted by molar-refractivity contribution is -0.131. The molecule has 1 rings (SSSR count). The molecule has 1 heterocycles. The van der Waals surface area contributed by atoms with Crippen molar-refractivity contribution in [3.63, 3.8) is 0 Å². The number of ether oxygens (including phenoxy) is 1. The number of nitrogens with zero attached hydrogens (tertiary/aromatic N) is 1. The number of likely N-dealkylation sites (tertiary alicyclic amines) is 1. The summed E-state index contributed by atoms with van der Waals surface area (Å²) in [6.07, 6.45) is 1.15. The Labute approximate surface area is 97.6 Å². The summed E-state index contributed by atoms with van der Waals surface area (Å²) >= 11 is 0. The van der Waals surface area contributed by atoms with Crippen molar-refractivity contribution in [2.75, 3.05) is 26.8 Å². The Morgan fingerprint density at radius 1 is 1.56 bits per heavy atom. The van der Waals surface area contributed by atoms with Gasteiger partial charge in [0.25, 0.3) is 0 Å². The van der Waals surface area contributed by atoms with Crippen molar-refractivity contribution < 1.29 is 14.6 Å². The molecule has 1 fully saturated rings. The summed E-state index contributed by atoms with van der Waals surface area (Å²) in [4.78, 5) is 13.8. The van der Waals surface area contributed by atoms with Crippen LogP contribution in [0.1, 0.15) is 26.7 Å². The molecule has 0 bridgehead atoms. The van der Waals surface area contributed by atoms with Gasteiger partial charge in [-0.2, -0.15) is 0 Å². The maximum atomic E-state index is 11.9. The van der Waals surface area contributed by atoms with E-state index in [4.69, 9.17) is 4.74 Å². The minimum Gasteiger partial charge on any atom is -0.393 e. The number of hydrogen-bond donors (Lipinski definition) is 1. The van der Waals surface area contributed by atoms with Gasteiger partial charge in [0.05, 0.1) is 6.10 Å². The molecule has 94 valence electrons. The van der Waals surface area contributed by atoms with Crippen molar-refractivity contribution in [3.05, 3.63) is 0 Å². The fourth-order valence-corrected chi connectivity index (χ4v) is 2.18. The van der Waals surface area contributed by atoms with E-state index in [2.05, 4.69) is 0 Å². The molecular weight excluding hydrogens is 206 g/mol. The Hall–Kier alpha value is -0.610. The normalized spacial score (nSPS) is 24.5. The lowest BCUT2D eigenvalue weighted by Gasteiger charge is -2.19.